The molecule has 1 fully saturated rings. The van der Waals surface area contributed by atoms with E-state index in [1.807, 2.05) is 6.92 Å². The van der Waals surface area contributed by atoms with Crippen LogP contribution in [0.5, 0.6) is 0 Å². The van der Waals surface area contributed by atoms with Gasteiger partial charge in [0.05, 0.1) is 17.5 Å². The number of nitrogens with two attached hydrogens (primary N) is 1. The van der Waals surface area contributed by atoms with Gasteiger partial charge in [0.1, 0.15) is 0 Å². The molecule has 0 aliphatic carbocycles. The molecule has 1 aliphatic heterocycles. The lowest BCUT2D eigenvalue weighted by atomic mass is 10.2. The molecule has 2 heterocycles. The van der Waals surface area contributed by atoms with Crippen molar-refractivity contribution in [2.75, 3.05) is 18.1 Å². The molecular weight excluding hydrogens is 192 g/mol. The van der Waals surface area contributed by atoms with Gasteiger partial charge in [0.15, 0.2) is 0 Å². The number of nitrogens with zero attached hydrogens (tertiary/aromatic N) is 3. The highest BCUT2D eigenvalue weighted by molar-refractivity contribution is 5.93. The minimum atomic E-state index is -0.391. The first-order valence-corrected chi connectivity index (χ1v) is 5.36. The summed E-state index contributed by atoms with van der Waals surface area (Å²) in [7, 11) is 0. The molecule has 0 bridgehead atoms. The molecular formula is C10H16N4O. The van der Waals surface area contributed by atoms with Crippen molar-refractivity contribution in [3.05, 3.63) is 17.5 Å². The molecule has 82 valence electrons. The van der Waals surface area contributed by atoms with E-state index < -0.39 is 5.91 Å². The summed E-state index contributed by atoms with van der Waals surface area (Å²) in [6.45, 7) is 3.98. The number of carbonyl (C=O) groups excluding carboxylic acids is 1. The van der Waals surface area contributed by atoms with Gasteiger partial charge in [0.25, 0.3) is 5.91 Å². The van der Waals surface area contributed by atoms with Crippen LogP contribution in [0.25, 0.3) is 0 Å². The van der Waals surface area contributed by atoms with Crippen LogP contribution in [0.2, 0.25) is 0 Å². The minimum absolute atomic E-state index is 0.391. The predicted molar refractivity (Wildman–Crippen MR) is 57.3 cm³/mol. The number of rotatable bonds is 3. The Morgan fingerprint density at radius 3 is 2.67 bits per heavy atom. The van der Waals surface area contributed by atoms with E-state index in [4.69, 9.17) is 5.73 Å². The molecule has 0 aromatic carbocycles. The van der Waals surface area contributed by atoms with Gasteiger partial charge in [-0.1, -0.05) is 6.92 Å². The molecule has 0 spiro atoms. The Morgan fingerprint density at radius 2 is 2.20 bits per heavy atom. The maximum Gasteiger partial charge on any atom is 0.252 e. The van der Waals surface area contributed by atoms with Crippen molar-refractivity contribution >= 4 is 5.91 Å². The maximum atomic E-state index is 11.2. The van der Waals surface area contributed by atoms with Crippen molar-refractivity contribution in [2.24, 2.45) is 5.73 Å². The smallest absolute Gasteiger partial charge is 0.252 e. The first-order chi connectivity index (χ1) is 7.22. The first kappa shape index (κ1) is 10.0. The first-order valence-electron chi connectivity index (χ1n) is 5.36. The van der Waals surface area contributed by atoms with Crippen LogP contribution in [-0.2, 0) is 6.42 Å². The molecule has 0 unspecified atom stereocenters. The van der Waals surface area contributed by atoms with Gasteiger partial charge < -0.3 is 5.73 Å². The quantitative estimate of drug-likeness (QED) is 0.775. The number of aromatic nitrogens is 2. The summed E-state index contributed by atoms with van der Waals surface area (Å²) in [5.74, 6) is -0.391. The second-order valence-corrected chi connectivity index (χ2v) is 3.79. The van der Waals surface area contributed by atoms with E-state index in [-0.39, 0.29) is 0 Å². The maximum absolute atomic E-state index is 11.2. The third kappa shape index (κ3) is 1.82. The largest absolute Gasteiger partial charge is 0.365 e. The van der Waals surface area contributed by atoms with Gasteiger partial charge in [0, 0.05) is 13.1 Å². The second-order valence-electron chi connectivity index (χ2n) is 3.79. The van der Waals surface area contributed by atoms with Gasteiger partial charge >= 0.3 is 0 Å². The van der Waals surface area contributed by atoms with Crippen LogP contribution in [0, 0.1) is 0 Å². The van der Waals surface area contributed by atoms with Gasteiger partial charge in [-0.3, -0.25) is 9.80 Å². The molecule has 1 aliphatic rings. The number of primary amides is 1. The van der Waals surface area contributed by atoms with Gasteiger partial charge in [-0.2, -0.15) is 9.89 Å². The summed E-state index contributed by atoms with van der Waals surface area (Å²) < 4.78 is 0. The minimum Gasteiger partial charge on any atom is -0.365 e. The van der Waals surface area contributed by atoms with Crippen LogP contribution in [0.4, 0.5) is 0 Å². The van der Waals surface area contributed by atoms with Crippen molar-refractivity contribution in [3.63, 3.8) is 0 Å². The Kier molecular flexibility index (Phi) is 2.62. The summed E-state index contributed by atoms with van der Waals surface area (Å²) in [6, 6.07) is 0. The molecule has 1 aromatic heterocycles. The molecule has 15 heavy (non-hydrogen) atoms. The van der Waals surface area contributed by atoms with E-state index in [1.54, 1.807) is 11.0 Å². The van der Waals surface area contributed by atoms with Gasteiger partial charge in [-0.15, -0.1) is 0 Å². The number of hydrogen-bond acceptors (Lipinski definition) is 3. The lowest BCUT2D eigenvalue weighted by molar-refractivity contribution is 0.0999. The summed E-state index contributed by atoms with van der Waals surface area (Å²) in [5.41, 5.74) is 6.62. The standard InChI is InChI=1S/C10H16N4O/c1-2-9-8(10(11)15)7-14(12-9)13-5-3-4-6-13/h7H,2-6H2,1H3,(H2,11,15). The molecule has 2 rings (SSSR count). The predicted octanol–water partition coefficient (Wildman–Crippen LogP) is 0.276. The Hall–Kier alpha value is -1.52. The van der Waals surface area contributed by atoms with Crippen LogP contribution in [0.15, 0.2) is 6.20 Å². The van der Waals surface area contributed by atoms with Gasteiger partial charge in [-0.25, -0.2) is 0 Å². The number of carbonyl (C=O) groups is 1. The lowest BCUT2D eigenvalue weighted by Crippen LogP contribution is -2.31. The fourth-order valence-corrected chi connectivity index (χ4v) is 1.91. The molecule has 2 N–H and O–H groups in total. The van der Waals surface area contributed by atoms with E-state index in [2.05, 4.69) is 10.1 Å². The van der Waals surface area contributed by atoms with Gasteiger partial charge in [0.2, 0.25) is 0 Å². The highest BCUT2D eigenvalue weighted by Crippen LogP contribution is 2.11. The van der Waals surface area contributed by atoms with Crippen LogP contribution < -0.4 is 10.7 Å². The van der Waals surface area contributed by atoms with Crippen LogP contribution in [0.1, 0.15) is 35.8 Å². The second kappa shape index (κ2) is 3.92. The fourth-order valence-electron chi connectivity index (χ4n) is 1.91. The van der Waals surface area contributed by atoms with Crippen molar-refractivity contribution in [1.82, 2.24) is 9.89 Å². The third-order valence-corrected chi connectivity index (χ3v) is 2.75. The molecule has 0 radical (unpaired) electrons. The van der Waals surface area contributed by atoms with E-state index >= 15 is 0 Å². The van der Waals surface area contributed by atoms with Crippen molar-refractivity contribution in [3.8, 4) is 0 Å². The Labute approximate surface area is 88.8 Å². The zero-order chi connectivity index (χ0) is 10.8. The molecule has 1 saturated heterocycles. The number of aryl methyl sites for hydroxylation is 1. The van der Waals surface area contributed by atoms with E-state index in [0.29, 0.717) is 5.56 Å². The SMILES string of the molecule is CCc1nn(N2CCCC2)cc1C(N)=O. The van der Waals surface area contributed by atoms with Crippen LogP contribution in [-0.4, -0.2) is 28.9 Å². The number of amides is 1. The average Bonchev–Trinajstić information content (AvgIpc) is 2.86. The molecule has 5 heteroatoms. The third-order valence-electron chi connectivity index (χ3n) is 2.75. The van der Waals surface area contributed by atoms with Crippen molar-refractivity contribution in [2.45, 2.75) is 26.2 Å². The molecule has 0 atom stereocenters. The van der Waals surface area contributed by atoms with E-state index in [1.165, 1.54) is 12.8 Å². The highest BCUT2D eigenvalue weighted by Gasteiger charge is 2.17. The van der Waals surface area contributed by atoms with Gasteiger partial charge in [-0.05, 0) is 19.3 Å². The topological polar surface area (TPSA) is 64.2 Å². The summed E-state index contributed by atoms with van der Waals surface area (Å²) in [5, 5.41) is 6.50. The zero-order valence-corrected chi connectivity index (χ0v) is 8.94. The van der Waals surface area contributed by atoms with Crippen LogP contribution in [0.3, 0.4) is 0 Å². The molecule has 1 aromatic rings. The highest BCUT2D eigenvalue weighted by atomic mass is 16.1. The Morgan fingerprint density at radius 1 is 1.53 bits per heavy atom. The fraction of sp³-hybridized carbons (Fsp3) is 0.600. The monoisotopic (exact) mass is 208 g/mol. The van der Waals surface area contributed by atoms with Crippen LogP contribution >= 0.6 is 0 Å². The molecule has 1 amide bonds. The zero-order valence-electron chi connectivity index (χ0n) is 8.94. The van der Waals surface area contributed by atoms with Crippen molar-refractivity contribution < 1.29 is 4.79 Å². The number of hydrogen-bond donors (Lipinski definition) is 1. The summed E-state index contributed by atoms with van der Waals surface area (Å²) in [4.78, 5) is 12.9. The molecule has 5 nitrogen and oxygen atoms in total. The average molecular weight is 208 g/mol. The normalized spacial score (nSPS) is 15.9. The Balaban J connectivity index is 2.29. The summed E-state index contributed by atoms with van der Waals surface area (Å²) in [6.07, 6.45) is 4.85. The van der Waals surface area contributed by atoms with E-state index in [0.717, 1.165) is 25.2 Å². The molecule has 0 saturated carbocycles. The lowest BCUT2D eigenvalue weighted by Gasteiger charge is -2.16. The summed E-state index contributed by atoms with van der Waals surface area (Å²) >= 11 is 0. The Bertz CT molecular complexity index is 365. The van der Waals surface area contributed by atoms with E-state index in [9.17, 15) is 4.79 Å². The van der Waals surface area contributed by atoms with Crippen molar-refractivity contribution in [1.29, 1.82) is 0 Å².